The van der Waals surface area contributed by atoms with Crippen molar-refractivity contribution in [2.24, 2.45) is 40.9 Å². The number of carbonyl (C=O) groups is 1. The van der Waals surface area contributed by atoms with Crippen molar-refractivity contribution in [2.45, 2.75) is 83.8 Å². The van der Waals surface area contributed by atoms with E-state index in [2.05, 4.69) is 22.4 Å². The number of Topliss-reactive ketones (excluding diaryl/α,β-unsaturated/α-hetero) is 1. The molecule has 1 aromatic heterocycles. The molecule has 0 amide bonds. The average Bonchev–Trinajstić information content (AvgIpc) is 3.30. The fourth-order valence-corrected chi connectivity index (χ4v) is 8.54. The van der Waals surface area contributed by atoms with Crippen LogP contribution in [0.1, 0.15) is 70.5 Å². The van der Waals surface area contributed by atoms with Crippen LogP contribution in [0.3, 0.4) is 0 Å². The summed E-state index contributed by atoms with van der Waals surface area (Å²) in [5, 5.41) is 22.6. The molecule has 1 aromatic rings. The largest absolute Gasteiger partial charge is 0.387 e. The van der Waals surface area contributed by atoms with Gasteiger partial charge in [0, 0.05) is 13.0 Å². The Morgan fingerprint density at radius 2 is 1.94 bits per heavy atom. The van der Waals surface area contributed by atoms with Crippen LogP contribution in [-0.4, -0.2) is 50.4 Å². The van der Waals surface area contributed by atoms with Gasteiger partial charge >= 0.3 is 0 Å². The van der Waals surface area contributed by atoms with E-state index in [9.17, 15) is 9.90 Å². The number of methoxy groups -OCH3 is 1. The molecule has 0 spiro atoms. The summed E-state index contributed by atoms with van der Waals surface area (Å²) in [7, 11) is 1.70. The second-order valence-electron chi connectivity index (χ2n) is 11.4. The Hall–Kier alpha value is -1.34. The molecule has 4 aliphatic rings. The summed E-state index contributed by atoms with van der Waals surface area (Å²) in [6.07, 6.45) is 10.0. The van der Waals surface area contributed by atoms with Crippen molar-refractivity contribution in [3.8, 4) is 0 Å². The number of fused-ring (bicyclic) bond motifs is 5. The summed E-state index contributed by atoms with van der Waals surface area (Å²) in [5.41, 5.74) is -0.496. The Kier molecular flexibility index (Phi) is 5.48. The fourth-order valence-electron chi connectivity index (χ4n) is 8.54. The van der Waals surface area contributed by atoms with Crippen molar-refractivity contribution in [3.63, 3.8) is 0 Å². The van der Waals surface area contributed by atoms with Gasteiger partial charge < -0.3 is 9.84 Å². The zero-order valence-corrected chi connectivity index (χ0v) is 19.3. The SMILES string of the molecule is COC[C@@]1(O)CC[C@H]2[C@H](CC[C@@H]3[C@@H]2CC[C@]2(C)C(C(=O)Cn4nnnc4C)CC[C@@H]32)C1. The lowest BCUT2D eigenvalue weighted by atomic mass is 9.49. The van der Waals surface area contributed by atoms with Crippen LogP contribution in [0.5, 0.6) is 0 Å². The highest BCUT2D eigenvalue weighted by Crippen LogP contribution is 2.64. The maximum atomic E-state index is 13.3. The monoisotopic (exact) mass is 430 g/mol. The molecule has 4 fully saturated rings. The molecule has 1 heterocycles. The minimum atomic E-state index is -0.620. The third-order valence-electron chi connectivity index (χ3n) is 9.92. The molecule has 5 rings (SSSR count). The number of hydrogen-bond acceptors (Lipinski definition) is 6. The highest BCUT2D eigenvalue weighted by atomic mass is 16.5. The summed E-state index contributed by atoms with van der Waals surface area (Å²) in [6, 6.07) is 0. The summed E-state index contributed by atoms with van der Waals surface area (Å²) in [4.78, 5) is 13.3. The fraction of sp³-hybridized carbons (Fsp3) is 0.917. The maximum absolute atomic E-state index is 13.3. The summed E-state index contributed by atoms with van der Waals surface area (Å²) in [6.45, 7) is 5.03. The molecule has 0 aliphatic heterocycles. The van der Waals surface area contributed by atoms with E-state index in [-0.39, 0.29) is 11.3 Å². The van der Waals surface area contributed by atoms with Gasteiger partial charge in [0.1, 0.15) is 12.4 Å². The second kappa shape index (κ2) is 7.91. The molecule has 0 saturated heterocycles. The van der Waals surface area contributed by atoms with Gasteiger partial charge in [-0.2, -0.15) is 0 Å². The van der Waals surface area contributed by atoms with Gasteiger partial charge in [0.15, 0.2) is 5.78 Å². The molecule has 1 unspecified atom stereocenters. The van der Waals surface area contributed by atoms with Gasteiger partial charge in [0.05, 0.1) is 12.2 Å². The van der Waals surface area contributed by atoms with E-state index in [4.69, 9.17) is 4.74 Å². The minimum Gasteiger partial charge on any atom is -0.387 e. The molecule has 0 radical (unpaired) electrons. The Balaban J connectivity index is 1.29. The van der Waals surface area contributed by atoms with Crippen LogP contribution in [-0.2, 0) is 16.1 Å². The summed E-state index contributed by atoms with van der Waals surface area (Å²) in [5.74, 6) is 4.74. The molecule has 7 nitrogen and oxygen atoms in total. The third kappa shape index (κ3) is 3.56. The number of nitrogens with zero attached hydrogens (tertiary/aromatic N) is 4. The lowest BCUT2D eigenvalue weighted by molar-refractivity contribution is -0.136. The highest BCUT2D eigenvalue weighted by molar-refractivity contribution is 5.82. The second-order valence-corrected chi connectivity index (χ2v) is 11.4. The summed E-state index contributed by atoms with van der Waals surface area (Å²) < 4.78 is 6.98. The van der Waals surface area contributed by atoms with Crippen LogP contribution >= 0.6 is 0 Å². The molecule has 4 aliphatic carbocycles. The molecular formula is C24H38N4O3. The molecule has 8 atom stereocenters. The minimum absolute atomic E-state index is 0.123. The standard InChI is InChI=1S/C24H38N4O3/c1-15-25-26-27-28(15)13-22(29)21-7-6-20-19-5-4-16-12-24(30,14-31-3)11-9-17(16)18(19)8-10-23(20,21)2/h16-21,30H,4-14H2,1-3H3/t16-,17+,18-,19-,20+,21?,23+,24-/m1/s1. The Bertz CT molecular complexity index is 828. The predicted molar refractivity (Wildman–Crippen MR) is 115 cm³/mol. The van der Waals surface area contributed by atoms with E-state index in [1.54, 1.807) is 11.8 Å². The predicted octanol–water partition coefficient (Wildman–Crippen LogP) is 3.20. The number of rotatable bonds is 5. The number of ether oxygens (including phenoxy) is 1. The van der Waals surface area contributed by atoms with Gasteiger partial charge in [-0.3, -0.25) is 4.79 Å². The number of carbonyl (C=O) groups excluding carboxylic acids is 1. The third-order valence-corrected chi connectivity index (χ3v) is 9.92. The van der Waals surface area contributed by atoms with E-state index in [0.29, 0.717) is 36.6 Å². The summed E-state index contributed by atoms with van der Waals surface area (Å²) >= 11 is 0. The zero-order valence-electron chi connectivity index (χ0n) is 19.3. The van der Waals surface area contributed by atoms with Crippen molar-refractivity contribution >= 4 is 5.78 Å². The molecule has 0 aromatic carbocycles. The van der Waals surface area contributed by atoms with Gasteiger partial charge in [-0.05, 0) is 110 Å². The average molecular weight is 431 g/mol. The van der Waals surface area contributed by atoms with Crippen LogP contribution in [0.25, 0.3) is 0 Å². The number of aliphatic hydroxyl groups is 1. The first kappa shape index (κ1) is 21.5. The smallest absolute Gasteiger partial charge is 0.158 e. The number of tetrazole rings is 1. The first-order chi connectivity index (χ1) is 14.8. The van der Waals surface area contributed by atoms with E-state index >= 15 is 0 Å². The molecule has 7 heteroatoms. The lowest BCUT2D eigenvalue weighted by Crippen LogP contribution is -2.52. The van der Waals surface area contributed by atoms with Crippen LogP contribution in [0.2, 0.25) is 0 Å². The Morgan fingerprint density at radius 1 is 1.13 bits per heavy atom. The number of hydrogen-bond donors (Lipinski definition) is 1. The topological polar surface area (TPSA) is 90.1 Å². The molecular weight excluding hydrogens is 392 g/mol. The van der Waals surface area contributed by atoms with Crippen molar-refractivity contribution in [2.75, 3.05) is 13.7 Å². The molecule has 172 valence electrons. The zero-order chi connectivity index (χ0) is 21.8. The quantitative estimate of drug-likeness (QED) is 0.771. The van der Waals surface area contributed by atoms with Crippen molar-refractivity contribution in [3.05, 3.63) is 5.82 Å². The van der Waals surface area contributed by atoms with Crippen LogP contribution in [0, 0.1) is 47.8 Å². The molecule has 4 saturated carbocycles. The van der Waals surface area contributed by atoms with Crippen molar-refractivity contribution in [1.82, 2.24) is 20.2 Å². The van der Waals surface area contributed by atoms with Crippen molar-refractivity contribution < 1.29 is 14.6 Å². The first-order valence-electron chi connectivity index (χ1n) is 12.3. The molecule has 1 N–H and O–H groups in total. The van der Waals surface area contributed by atoms with E-state index in [1.165, 1.54) is 25.7 Å². The molecule has 31 heavy (non-hydrogen) atoms. The van der Waals surface area contributed by atoms with Crippen LogP contribution in [0.15, 0.2) is 0 Å². The van der Waals surface area contributed by atoms with E-state index in [1.807, 2.05) is 6.92 Å². The van der Waals surface area contributed by atoms with Gasteiger partial charge in [-0.1, -0.05) is 6.92 Å². The molecule has 0 bridgehead atoms. The first-order valence-corrected chi connectivity index (χ1v) is 12.3. The van der Waals surface area contributed by atoms with Gasteiger partial charge in [0.2, 0.25) is 0 Å². The number of ketones is 1. The maximum Gasteiger partial charge on any atom is 0.158 e. The normalized spacial score (nSPS) is 44.4. The van der Waals surface area contributed by atoms with E-state index in [0.717, 1.165) is 49.9 Å². The van der Waals surface area contributed by atoms with Gasteiger partial charge in [-0.15, -0.1) is 5.10 Å². The number of aromatic nitrogens is 4. The van der Waals surface area contributed by atoms with Gasteiger partial charge in [-0.25, -0.2) is 4.68 Å². The Labute approximate surface area is 185 Å². The van der Waals surface area contributed by atoms with Crippen LogP contribution < -0.4 is 0 Å². The van der Waals surface area contributed by atoms with Crippen molar-refractivity contribution in [1.29, 1.82) is 0 Å². The lowest BCUT2D eigenvalue weighted by Gasteiger charge is -2.57. The number of aryl methyl sites for hydroxylation is 1. The van der Waals surface area contributed by atoms with Crippen LogP contribution in [0.4, 0.5) is 0 Å². The Morgan fingerprint density at radius 3 is 2.68 bits per heavy atom. The van der Waals surface area contributed by atoms with E-state index < -0.39 is 5.60 Å². The van der Waals surface area contributed by atoms with Gasteiger partial charge in [0.25, 0.3) is 0 Å². The highest BCUT2D eigenvalue weighted by Gasteiger charge is 2.59.